The molecule has 28 heavy (non-hydrogen) atoms. The van der Waals surface area contributed by atoms with Crippen molar-refractivity contribution in [2.24, 2.45) is 0 Å². The Morgan fingerprint density at radius 2 is 1.89 bits per heavy atom. The maximum absolute atomic E-state index is 13.5. The van der Waals surface area contributed by atoms with E-state index in [1.165, 1.54) is 56.3 Å². The fraction of sp³-hybridized carbons (Fsp3) is 0.458. The Hall–Kier alpha value is -2.20. The molecule has 1 amide bonds. The van der Waals surface area contributed by atoms with Crippen molar-refractivity contribution < 1.29 is 9.18 Å². The standard InChI is InChI=1S/C24H29FN2O/c1-16-5-9-20(25)15-23(16)24(28)26-21-10-6-18(7-11-21)19-8-12-22(14-19)27-13-3-4-17(27)2/h5-7,9-11,15,17,19,22H,3-4,8,12-14H2,1-2H3,(H,26,28). The topological polar surface area (TPSA) is 32.3 Å². The number of amides is 1. The molecule has 0 spiro atoms. The molecular formula is C24H29FN2O. The average molecular weight is 381 g/mol. The van der Waals surface area contributed by atoms with Gasteiger partial charge in [0.2, 0.25) is 0 Å². The average Bonchev–Trinajstić information content (AvgIpc) is 3.33. The van der Waals surface area contributed by atoms with Crippen LogP contribution in [0.25, 0.3) is 0 Å². The third-order valence-electron chi connectivity index (χ3n) is 6.56. The minimum Gasteiger partial charge on any atom is -0.322 e. The molecule has 2 aliphatic rings. The van der Waals surface area contributed by atoms with Crippen LogP contribution in [0.15, 0.2) is 42.5 Å². The van der Waals surface area contributed by atoms with Gasteiger partial charge in [0.05, 0.1) is 0 Å². The van der Waals surface area contributed by atoms with Gasteiger partial charge in [-0.1, -0.05) is 18.2 Å². The van der Waals surface area contributed by atoms with Gasteiger partial charge in [-0.2, -0.15) is 0 Å². The van der Waals surface area contributed by atoms with Crippen LogP contribution in [0.1, 0.15) is 66.4 Å². The van der Waals surface area contributed by atoms with Crippen molar-refractivity contribution in [3.8, 4) is 0 Å². The fourth-order valence-corrected chi connectivity index (χ4v) is 4.94. The van der Waals surface area contributed by atoms with E-state index in [1.807, 2.05) is 19.1 Å². The number of nitrogens with one attached hydrogen (secondary N) is 1. The van der Waals surface area contributed by atoms with E-state index in [0.717, 1.165) is 23.3 Å². The van der Waals surface area contributed by atoms with Crippen molar-refractivity contribution >= 4 is 11.6 Å². The Kier molecular flexibility index (Phi) is 5.49. The number of anilines is 1. The second-order valence-corrected chi connectivity index (χ2v) is 8.43. The summed E-state index contributed by atoms with van der Waals surface area (Å²) in [7, 11) is 0. The quantitative estimate of drug-likeness (QED) is 0.759. The molecule has 3 atom stereocenters. The molecule has 4 rings (SSSR count). The summed E-state index contributed by atoms with van der Waals surface area (Å²) in [5.41, 5.74) is 3.25. The van der Waals surface area contributed by atoms with Crippen LogP contribution >= 0.6 is 0 Å². The van der Waals surface area contributed by atoms with E-state index >= 15 is 0 Å². The molecule has 148 valence electrons. The van der Waals surface area contributed by atoms with Crippen molar-refractivity contribution in [1.82, 2.24) is 4.90 Å². The van der Waals surface area contributed by atoms with Gasteiger partial charge >= 0.3 is 0 Å². The van der Waals surface area contributed by atoms with Gasteiger partial charge in [-0.25, -0.2) is 4.39 Å². The summed E-state index contributed by atoms with van der Waals surface area (Å²) >= 11 is 0. The number of nitrogens with zero attached hydrogens (tertiary/aromatic N) is 1. The lowest BCUT2D eigenvalue weighted by Crippen LogP contribution is -2.35. The Morgan fingerprint density at radius 1 is 1.11 bits per heavy atom. The SMILES string of the molecule is Cc1ccc(F)cc1C(=O)Nc1ccc(C2CCC(N3CCCC3C)C2)cc1. The van der Waals surface area contributed by atoms with Crippen LogP contribution in [0.4, 0.5) is 10.1 Å². The van der Waals surface area contributed by atoms with Crippen molar-refractivity contribution in [2.45, 2.75) is 64.0 Å². The van der Waals surface area contributed by atoms with E-state index in [1.54, 1.807) is 6.07 Å². The third-order valence-corrected chi connectivity index (χ3v) is 6.56. The second-order valence-electron chi connectivity index (χ2n) is 8.43. The van der Waals surface area contributed by atoms with Crippen LogP contribution in [0.5, 0.6) is 0 Å². The van der Waals surface area contributed by atoms with Crippen LogP contribution < -0.4 is 5.32 Å². The molecule has 0 aromatic heterocycles. The van der Waals surface area contributed by atoms with Gasteiger partial charge in [0.15, 0.2) is 0 Å². The van der Waals surface area contributed by atoms with Crippen molar-refractivity contribution in [3.63, 3.8) is 0 Å². The minimum absolute atomic E-state index is 0.270. The number of aryl methyl sites for hydroxylation is 1. The highest BCUT2D eigenvalue weighted by Crippen LogP contribution is 2.39. The molecule has 1 saturated carbocycles. The first-order chi connectivity index (χ1) is 13.5. The summed E-state index contributed by atoms with van der Waals surface area (Å²) < 4.78 is 13.5. The van der Waals surface area contributed by atoms with Gasteiger partial charge in [-0.15, -0.1) is 0 Å². The molecule has 0 radical (unpaired) electrons. The number of benzene rings is 2. The summed E-state index contributed by atoms with van der Waals surface area (Å²) in [4.78, 5) is 15.2. The number of hydrogen-bond acceptors (Lipinski definition) is 2. The minimum atomic E-state index is -0.394. The molecule has 0 bridgehead atoms. The van der Waals surface area contributed by atoms with Crippen molar-refractivity contribution in [1.29, 1.82) is 0 Å². The molecule has 4 heteroatoms. The Labute approximate surface area is 166 Å². The molecule has 1 aliphatic heterocycles. The largest absolute Gasteiger partial charge is 0.322 e. The predicted octanol–water partition coefficient (Wildman–Crippen LogP) is 5.51. The zero-order chi connectivity index (χ0) is 19.7. The molecule has 3 unspecified atom stereocenters. The summed E-state index contributed by atoms with van der Waals surface area (Å²) in [6.07, 6.45) is 6.43. The molecule has 1 aliphatic carbocycles. The smallest absolute Gasteiger partial charge is 0.256 e. The van der Waals surface area contributed by atoms with Crippen LogP contribution in [-0.4, -0.2) is 29.4 Å². The predicted molar refractivity (Wildman–Crippen MR) is 111 cm³/mol. The lowest BCUT2D eigenvalue weighted by atomic mass is 9.97. The fourth-order valence-electron chi connectivity index (χ4n) is 4.94. The lowest BCUT2D eigenvalue weighted by molar-refractivity contribution is 0.102. The molecule has 2 aromatic rings. The molecule has 1 N–H and O–H groups in total. The Morgan fingerprint density at radius 3 is 2.61 bits per heavy atom. The van der Waals surface area contributed by atoms with Gasteiger partial charge in [0, 0.05) is 23.3 Å². The number of likely N-dealkylation sites (tertiary alicyclic amines) is 1. The summed E-state index contributed by atoms with van der Waals surface area (Å²) in [6, 6.07) is 13.9. The lowest BCUT2D eigenvalue weighted by Gasteiger charge is -2.28. The zero-order valence-electron chi connectivity index (χ0n) is 16.7. The number of carbonyl (C=O) groups excluding carboxylic acids is 1. The van der Waals surface area contributed by atoms with E-state index in [2.05, 4.69) is 29.3 Å². The van der Waals surface area contributed by atoms with Gasteiger partial charge in [0.1, 0.15) is 5.82 Å². The van der Waals surface area contributed by atoms with Gasteiger partial charge < -0.3 is 5.32 Å². The molecule has 2 fully saturated rings. The van der Waals surface area contributed by atoms with Crippen LogP contribution in [0.3, 0.4) is 0 Å². The highest BCUT2D eigenvalue weighted by molar-refractivity contribution is 6.05. The molecular weight excluding hydrogens is 351 g/mol. The Bertz CT molecular complexity index is 848. The van der Waals surface area contributed by atoms with Crippen molar-refractivity contribution in [3.05, 3.63) is 65.0 Å². The maximum Gasteiger partial charge on any atom is 0.256 e. The summed E-state index contributed by atoms with van der Waals surface area (Å²) in [5.74, 6) is -0.0593. The third kappa shape index (κ3) is 3.97. The van der Waals surface area contributed by atoms with E-state index in [0.29, 0.717) is 11.5 Å². The number of hydrogen-bond donors (Lipinski definition) is 1. The highest BCUT2D eigenvalue weighted by atomic mass is 19.1. The molecule has 1 heterocycles. The van der Waals surface area contributed by atoms with Crippen LogP contribution in [0.2, 0.25) is 0 Å². The first-order valence-electron chi connectivity index (χ1n) is 10.4. The van der Waals surface area contributed by atoms with Crippen LogP contribution in [0, 0.1) is 12.7 Å². The molecule has 2 aromatic carbocycles. The number of carbonyl (C=O) groups is 1. The van der Waals surface area contributed by atoms with E-state index in [4.69, 9.17) is 0 Å². The number of halogens is 1. The first-order valence-corrected chi connectivity index (χ1v) is 10.4. The van der Waals surface area contributed by atoms with E-state index in [9.17, 15) is 9.18 Å². The monoisotopic (exact) mass is 380 g/mol. The maximum atomic E-state index is 13.5. The van der Waals surface area contributed by atoms with E-state index in [-0.39, 0.29) is 5.91 Å². The van der Waals surface area contributed by atoms with Gasteiger partial charge in [-0.05, 0) is 93.8 Å². The Balaban J connectivity index is 1.39. The van der Waals surface area contributed by atoms with Crippen LogP contribution in [-0.2, 0) is 0 Å². The second kappa shape index (κ2) is 8.04. The van der Waals surface area contributed by atoms with Gasteiger partial charge in [0.25, 0.3) is 5.91 Å². The summed E-state index contributed by atoms with van der Waals surface area (Å²) in [6.45, 7) is 5.43. The van der Waals surface area contributed by atoms with E-state index < -0.39 is 5.82 Å². The zero-order valence-corrected chi connectivity index (χ0v) is 16.7. The highest BCUT2D eigenvalue weighted by Gasteiger charge is 2.34. The number of rotatable bonds is 4. The normalized spacial score (nSPS) is 25.2. The van der Waals surface area contributed by atoms with Gasteiger partial charge in [-0.3, -0.25) is 9.69 Å². The molecule has 1 saturated heterocycles. The summed E-state index contributed by atoms with van der Waals surface area (Å²) in [5, 5.41) is 2.89. The van der Waals surface area contributed by atoms with Crippen molar-refractivity contribution in [2.75, 3.05) is 11.9 Å². The first kappa shape index (κ1) is 19.1. The molecule has 3 nitrogen and oxygen atoms in total.